The van der Waals surface area contributed by atoms with Gasteiger partial charge in [0.15, 0.2) is 0 Å². The standard InChI is InChI=1S/C54H44/c1-31-26-27-34-37(28-31)45(33-20-12-9-13-21-33)38-29-40-43(30-39(38)44(34)32-18-10-8-11-19-32)54(6,7)51-47-36-23-15-16-24-41(36)52(2,3)49(47)46-35-22-14-17-25-42(35)53(4,5)50(46)48(40)51/h8-30H,1-7H3. The van der Waals surface area contributed by atoms with E-state index in [1.165, 1.54) is 116 Å². The van der Waals surface area contributed by atoms with Gasteiger partial charge in [0.1, 0.15) is 0 Å². The molecule has 0 aliphatic heterocycles. The number of hydrogen-bond donors (Lipinski definition) is 0. The van der Waals surface area contributed by atoms with Gasteiger partial charge in [-0.2, -0.15) is 0 Å². The summed E-state index contributed by atoms with van der Waals surface area (Å²) in [6.07, 6.45) is 0. The second kappa shape index (κ2) is 10.5. The van der Waals surface area contributed by atoms with Crippen LogP contribution in [-0.2, 0) is 16.2 Å². The van der Waals surface area contributed by atoms with Crippen LogP contribution in [0.4, 0.5) is 0 Å². The molecule has 0 heterocycles. The summed E-state index contributed by atoms with van der Waals surface area (Å²) in [5, 5.41) is 5.27. The Morgan fingerprint density at radius 2 is 0.722 bits per heavy atom. The molecule has 0 bridgehead atoms. The summed E-state index contributed by atoms with van der Waals surface area (Å²) in [5.41, 5.74) is 23.3. The van der Waals surface area contributed by atoms with Crippen molar-refractivity contribution in [2.45, 2.75) is 64.7 Å². The molecular weight excluding hydrogens is 649 g/mol. The lowest BCUT2D eigenvalue weighted by Gasteiger charge is -2.31. The lowest BCUT2D eigenvalue weighted by molar-refractivity contribution is 0.636. The van der Waals surface area contributed by atoms with E-state index in [2.05, 4.69) is 188 Å². The van der Waals surface area contributed by atoms with Gasteiger partial charge in [-0.15, -0.1) is 0 Å². The van der Waals surface area contributed by atoms with E-state index < -0.39 is 0 Å². The molecule has 0 heteroatoms. The highest BCUT2D eigenvalue weighted by Crippen LogP contribution is 2.68. The van der Waals surface area contributed by atoms with Gasteiger partial charge in [-0.1, -0.05) is 174 Å². The molecule has 11 rings (SSSR count). The fourth-order valence-electron chi connectivity index (χ4n) is 11.3. The van der Waals surface area contributed by atoms with Crippen molar-refractivity contribution >= 4 is 21.5 Å². The Kier molecular flexibility index (Phi) is 6.17. The van der Waals surface area contributed by atoms with E-state index in [4.69, 9.17) is 0 Å². The number of rotatable bonds is 2. The topological polar surface area (TPSA) is 0 Å². The maximum atomic E-state index is 2.62. The minimum atomic E-state index is -0.237. The van der Waals surface area contributed by atoms with Crippen LogP contribution in [0.1, 0.15) is 80.5 Å². The maximum Gasteiger partial charge on any atom is 0.0165 e. The molecule has 0 unspecified atom stereocenters. The number of benzene rings is 8. The largest absolute Gasteiger partial charge is 0.0622 e. The first-order chi connectivity index (χ1) is 26.0. The summed E-state index contributed by atoms with van der Waals surface area (Å²) in [7, 11) is 0. The first kappa shape index (κ1) is 31.8. The van der Waals surface area contributed by atoms with E-state index in [0.29, 0.717) is 0 Å². The molecule has 0 saturated carbocycles. The van der Waals surface area contributed by atoms with Crippen molar-refractivity contribution in [1.29, 1.82) is 0 Å². The van der Waals surface area contributed by atoms with Gasteiger partial charge < -0.3 is 0 Å². The van der Waals surface area contributed by atoms with Crippen LogP contribution in [0, 0.1) is 6.92 Å². The van der Waals surface area contributed by atoms with Crippen molar-refractivity contribution < 1.29 is 0 Å². The van der Waals surface area contributed by atoms with E-state index in [1.807, 2.05) is 0 Å². The predicted octanol–water partition coefficient (Wildman–Crippen LogP) is 14.6. The highest BCUT2D eigenvalue weighted by atomic mass is 14.5. The van der Waals surface area contributed by atoms with Crippen LogP contribution in [0.2, 0.25) is 0 Å². The third kappa shape index (κ3) is 3.84. The fraction of sp³-hybridized carbons (Fsp3) is 0.185. The SMILES string of the molecule is Cc1ccc2c(-c3ccccc3)c3cc4c(cc3c(-c3ccccc3)c2c1)-c1c2c(c3c(c1C4(C)C)-c1ccccc1C3(C)C)-c1ccccc1C2(C)C. The Bertz CT molecular complexity index is 2930. The summed E-state index contributed by atoms with van der Waals surface area (Å²) < 4.78 is 0. The Labute approximate surface area is 319 Å². The zero-order valence-corrected chi connectivity index (χ0v) is 32.3. The van der Waals surface area contributed by atoms with Gasteiger partial charge in [0.25, 0.3) is 0 Å². The van der Waals surface area contributed by atoms with Crippen LogP contribution in [0.5, 0.6) is 0 Å². The number of fused-ring (bicyclic) bond motifs is 14. The molecule has 0 fully saturated rings. The van der Waals surface area contributed by atoms with Gasteiger partial charge in [0, 0.05) is 16.2 Å². The second-order valence-corrected chi connectivity index (χ2v) is 17.7. The van der Waals surface area contributed by atoms with Gasteiger partial charge >= 0.3 is 0 Å². The molecule has 260 valence electrons. The highest BCUT2D eigenvalue weighted by molar-refractivity contribution is 6.23. The maximum absolute atomic E-state index is 2.62. The second-order valence-electron chi connectivity index (χ2n) is 17.7. The van der Waals surface area contributed by atoms with Gasteiger partial charge in [-0.25, -0.2) is 0 Å². The van der Waals surface area contributed by atoms with Crippen LogP contribution in [-0.4, -0.2) is 0 Å². The number of hydrogen-bond acceptors (Lipinski definition) is 0. The predicted molar refractivity (Wildman–Crippen MR) is 230 cm³/mol. The van der Waals surface area contributed by atoms with E-state index in [9.17, 15) is 0 Å². The molecule has 54 heavy (non-hydrogen) atoms. The molecule has 0 N–H and O–H groups in total. The quantitative estimate of drug-likeness (QED) is 0.158. The van der Waals surface area contributed by atoms with Gasteiger partial charge in [-0.3, -0.25) is 0 Å². The molecule has 8 aromatic rings. The third-order valence-electron chi connectivity index (χ3n) is 13.6. The summed E-state index contributed by atoms with van der Waals surface area (Å²) in [6.45, 7) is 17.1. The first-order valence-electron chi connectivity index (χ1n) is 19.6. The molecule has 0 aromatic heterocycles. The first-order valence-corrected chi connectivity index (χ1v) is 19.6. The van der Waals surface area contributed by atoms with Crippen molar-refractivity contribution in [3.8, 4) is 55.6 Å². The monoisotopic (exact) mass is 692 g/mol. The summed E-state index contributed by atoms with van der Waals surface area (Å²) >= 11 is 0. The van der Waals surface area contributed by atoms with Crippen molar-refractivity contribution in [3.63, 3.8) is 0 Å². The third-order valence-corrected chi connectivity index (χ3v) is 13.6. The van der Waals surface area contributed by atoms with Gasteiger partial charge in [-0.05, 0) is 130 Å². The Balaban J connectivity index is 1.38. The minimum absolute atomic E-state index is 0.134. The number of aryl methyl sites for hydroxylation is 1. The van der Waals surface area contributed by atoms with Gasteiger partial charge in [0.2, 0.25) is 0 Å². The lowest BCUT2D eigenvalue weighted by atomic mass is 9.71. The average molecular weight is 693 g/mol. The molecule has 3 aliphatic rings. The molecule has 0 atom stereocenters. The molecule has 0 saturated heterocycles. The van der Waals surface area contributed by atoms with Crippen LogP contribution < -0.4 is 0 Å². The minimum Gasteiger partial charge on any atom is -0.0622 e. The molecular formula is C54H44. The Hall–Kier alpha value is -5.72. The normalized spacial score (nSPS) is 16.1. The molecule has 0 radical (unpaired) electrons. The van der Waals surface area contributed by atoms with Crippen molar-refractivity contribution in [2.75, 3.05) is 0 Å². The van der Waals surface area contributed by atoms with Gasteiger partial charge in [0.05, 0.1) is 0 Å². The molecule has 0 amide bonds. The van der Waals surface area contributed by atoms with Crippen molar-refractivity contribution in [1.82, 2.24) is 0 Å². The lowest BCUT2D eigenvalue weighted by Crippen LogP contribution is -2.22. The molecule has 3 aliphatic carbocycles. The zero-order chi connectivity index (χ0) is 36.9. The van der Waals surface area contributed by atoms with E-state index in [0.717, 1.165) is 0 Å². The molecule has 0 nitrogen and oxygen atoms in total. The Morgan fingerprint density at radius 1 is 0.315 bits per heavy atom. The molecule has 8 aromatic carbocycles. The van der Waals surface area contributed by atoms with E-state index in [-0.39, 0.29) is 16.2 Å². The summed E-state index contributed by atoms with van der Waals surface area (Å²) in [5.74, 6) is 0. The van der Waals surface area contributed by atoms with Crippen LogP contribution in [0.25, 0.3) is 77.2 Å². The van der Waals surface area contributed by atoms with E-state index >= 15 is 0 Å². The van der Waals surface area contributed by atoms with Crippen molar-refractivity contribution in [3.05, 3.63) is 178 Å². The van der Waals surface area contributed by atoms with E-state index in [1.54, 1.807) is 0 Å². The average Bonchev–Trinajstić information content (AvgIpc) is 3.66. The summed E-state index contributed by atoms with van der Waals surface area (Å²) in [6, 6.07) is 53.0. The van der Waals surface area contributed by atoms with Crippen LogP contribution >= 0.6 is 0 Å². The Morgan fingerprint density at radius 3 is 1.26 bits per heavy atom. The molecule has 0 spiro atoms. The highest BCUT2D eigenvalue weighted by Gasteiger charge is 2.52. The fourth-order valence-corrected chi connectivity index (χ4v) is 11.3. The summed E-state index contributed by atoms with van der Waals surface area (Å²) in [4.78, 5) is 0. The smallest absolute Gasteiger partial charge is 0.0165 e. The van der Waals surface area contributed by atoms with Crippen LogP contribution in [0.3, 0.4) is 0 Å². The van der Waals surface area contributed by atoms with Crippen LogP contribution in [0.15, 0.2) is 140 Å². The van der Waals surface area contributed by atoms with Crippen molar-refractivity contribution in [2.24, 2.45) is 0 Å². The zero-order valence-electron chi connectivity index (χ0n) is 32.3.